The average molecular weight is 411 g/mol. The van der Waals surface area contributed by atoms with Crippen molar-refractivity contribution in [3.63, 3.8) is 0 Å². The third kappa shape index (κ3) is 5.15. The van der Waals surface area contributed by atoms with E-state index < -0.39 is 10.0 Å². The van der Waals surface area contributed by atoms with E-state index in [9.17, 15) is 13.2 Å². The molecule has 0 saturated carbocycles. The Morgan fingerprint density at radius 2 is 1.83 bits per heavy atom. The lowest BCUT2D eigenvalue weighted by Gasteiger charge is -2.09. The lowest BCUT2D eigenvalue weighted by molar-refractivity contribution is 0.102. The van der Waals surface area contributed by atoms with Crippen LogP contribution in [0.3, 0.4) is 0 Å². The number of unbranched alkanes of at least 4 members (excludes halogenated alkanes) is 1. The zero-order chi connectivity index (χ0) is 17.6. The molecule has 5 nitrogen and oxygen atoms in total. The van der Waals surface area contributed by atoms with Crippen molar-refractivity contribution in [2.24, 2.45) is 0 Å². The molecule has 2 aromatic rings. The molecule has 0 aliphatic heterocycles. The highest BCUT2D eigenvalue weighted by Crippen LogP contribution is 2.16. The monoisotopic (exact) mass is 410 g/mol. The predicted molar refractivity (Wildman–Crippen MR) is 98.6 cm³/mol. The Labute approximate surface area is 150 Å². The number of amides is 1. The van der Waals surface area contributed by atoms with Gasteiger partial charge in [-0.15, -0.1) is 0 Å². The molecule has 24 heavy (non-hydrogen) atoms. The van der Waals surface area contributed by atoms with E-state index >= 15 is 0 Å². The standard InChI is InChI=1S/C17H19BrN2O3S/c1-2-3-11-19-24(22,23)16-6-4-5-13(12-16)17(21)20-15-9-7-14(18)8-10-15/h4-10,12,19H,2-3,11H2,1H3,(H,20,21). The van der Waals surface area contributed by atoms with Crippen LogP contribution in [-0.2, 0) is 10.0 Å². The average Bonchev–Trinajstić information content (AvgIpc) is 2.57. The summed E-state index contributed by atoms with van der Waals surface area (Å²) in [4.78, 5) is 12.4. The third-order valence-electron chi connectivity index (χ3n) is 3.33. The first kappa shape index (κ1) is 18.6. The summed E-state index contributed by atoms with van der Waals surface area (Å²) < 4.78 is 27.9. The van der Waals surface area contributed by atoms with Crippen LogP contribution in [0.25, 0.3) is 0 Å². The molecule has 0 heterocycles. The summed E-state index contributed by atoms with van der Waals surface area (Å²) in [5.41, 5.74) is 0.925. The summed E-state index contributed by atoms with van der Waals surface area (Å²) in [6.07, 6.45) is 1.67. The molecule has 128 valence electrons. The molecule has 0 saturated heterocycles. The van der Waals surface area contributed by atoms with E-state index in [4.69, 9.17) is 0 Å². The van der Waals surface area contributed by atoms with Gasteiger partial charge in [0.15, 0.2) is 0 Å². The van der Waals surface area contributed by atoms with E-state index in [2.05, 4.69) is 26.0 Å². The van der Waals surface area contributed by atoms with Crippen molar-refractivity contribution >= 4 is 37.5 Å². The molecule has 2 rings (SSSR count). The minimum atomic E-state index is -3.60. The molecule has 7 heteroatoms. The fourth-order valence-corrected chi connectivity index (χ4v) is 3.39. The number of anilines is 1. The summed E-state index contributed by atoms with van der Waals surface area (Å²) in [6.45, 7) is 2.37. The van der Waals surface area contributed by atoms with Gasteiger partial charge in [-0.3, -0.25) is 4.79 Å². The maximum Gasteiger partial charge on any atom is 0.255 e. The van der Waals surface area contributed by atoms with Gasteiger partial charge in [0.05, 0.1) is 4.90 Å². The van der Waals surface area contributed by atoms with Crippen molar-refractivity contribution in [3.05, 3.63) is 58.6 Å². The van der Waals surface area contributed by atoms with Crippen LogP contribution < -0.4 is 10.0 Å². The number of nitrogens with one attached hydrogen (secondary N) is 2. The number of halogens is 1. The molecule has 2 N–H and O–H groups in total. The van der Waals surface area contributed by atoms with Crippen molar-refractivity contribution in [1.82, 2.24) is 4.72 Å². The Kier molecular flexibility index (Phi) is 6.53. The number of carbonyl (C=O) groups excluding carboxylic acids is 1. The molecule has 0 radical (unpaired) electrons. The summed E-state index contributed by atoms with van der Waals surface area (Å²) in [5, 5.41) is 2.74. The molecule has 2 aromatic carbocycles. The third-order valence-corrected chi connectivity index (χ3v) is 5.32. The quantitative estimate of drug-likeness (QED) is 0.681. The van der Waals surface area contributed by atoms with Crippen molar-refractivity contribution < 1.29 is 13.2 Å². The van der Waals surface area contributed by atoms with E-state index in [1.54, 1.807) is 24.3 Å². The van der Waals surface area contributed by atoms with Crippen LogP contribution in [0.2, 0.25) is 0 Å². The summed E-state index contributed by atoms with van der Waals surface area (Å²) >= 11 is 3.33. The lowest BCUT2D eigenvalue weighted by atomic mass is 10.2. The van der Waals surface area contributed by atoms with Gasteiger partial charge in [-0.1, -0.05) is 35.3 Å². The number of hydrogen-bond donors (Lipinski definition) is 2. The molecule has 1 amide bonds. The van der Waals surface area contributed by atoms with Crippen LogP contribution in [0, 0.1) is 0 Å². The Balaban J connectivity index is 2.14. The van der Waals surface area contributed by atoms with Crippen LogP contribution in [0.1, 0.15) is 30.1 Å². The first-order valence-electron chi connectivity index (χ1n) is 7.59. The number of carbonyl (C=O) groups is 1. The van der Waals surface area contributed by atoms with Crippen LogP contribution in [0.5, 0.6) is 0 Å². The first-order valence-corrected chi connectivity index (χ1v) is 9.86. The van der Waals surface area contributed by atoms with Gasteiger partial charge >= 0.3 is 0 Å². The zero-order valence-corrected chi connectivity index (χ0v) is 15.7. The maximum atomic E-state index is 12.3. The highest BCUT2D eigenvalue weighted by Gasteiger charge is 2.15. The molecule has 0 atom stereocenters. The second kappa shape index (κ2) is 8.41. The van der Waals surface area contributed by atoms with Gasteiger partial charge in [0.2, 0.25) is 10.0 Å². The SMILES string of the molecule is CCCCNS(=O)(=O)c1cccc(C(=O)Nc2ccc(Br)cc2)c1. The van der Waals surface area contributed by atoms with Crippen molar-refractivity contribution in [1.29, 1.82) is 0 Å². The minimum absolute atomic E-state index is 0.0852. The highest BCUT2D eigenvalue weighted by molar-refractivity contribution is 9.10. The molecule has 0 aliphatic carbocycles. The Morgan fingerprint density at radius 1 is 1.12 bits per heavy atom. The number of rotatable bonds is 7. The largest absolute Gasteiger partial charge is 0.322 e. The second-order valence-electron chi connectivity index (χ2n) is 5.24. The Bertz CT molecular complexity index is 805. The maximum absolute atomic E-state index is 12.3. The van der Waals surface area contributed by atoms with E-state index in [0.29, 0.717) is 12.2 Å². The summed E-state index contributed by atoms with van der Waals surface area (Å²) in [6, 6.07) is 13.1. The van der Waals surface area contributed by atoms with E-state index in [1.807, 2.05) is 19.1 Å². The number of sulfonamides is 1. The van der Waals surface area contributed by atoms with E-state index in [0.717, 1.165) is 17.3 Å². The zero-order valence-electron chi connectivity index (χ0n) is 13.3. The van der Waals surface area contributed by atoms with Crippen LogP contribution >= 0.6 is 15.9 Å². The molecule has 0 spiro atoms. The van der Waals surface area contributed by atoms with Crippen molar-refractivity contribution in [2.45, 2.75) is 24.7 Å². The van der Waals surface area contributed by atoms with E-state index in [1.165, 1.54) is 12.1 Å². The summed E-state index contributed by atoms with van der Waals surface area (Å²) in [7, 11) is -3.60. The molecule has 0 aliphatic rings. The minimum Gasteiger partial charge on any atom is -0.322 e. The van der Waals surface area contributed by atoms with Crippen LogP contribution in [-0.4, -0.2) is 20.9 Å². The first-order chi connectivity index (χ1) is 11.4. The van der Waals surface area contributed by atoms with Gasteiger partial charge in [0.25, 0.3) is 5.91 Å². The van der Waals surface area contributed by atoms with Crippen molar-refractivity contribution in [2.75, 3.05) is 11.9 Å². The van der Waals surface area contributed by atoms with Crippen LogP contribution in [0.4, 0.5) is 5.69 Å². The normalized spacial score (nSPS) is 11.2. The predicted octanol–water partition coefficient (Wildman–Crippen LogP) is 3.78. The van der Waals surface area contributed by atoms with Gasteiger partial charge in [0, 0.05) is 22.3 Å². The molecular formula is C17H19BrN2O3S. The van der Waals surface area contributed by atoms with Gasteiger partial charge in [0.1, 0.15) is 0 Å². The van der Waals surface area contributed by atoms with Gasteiger partial charge < -0.3 is 5.32 Å². The Morgan fingerprint density at radius 3 is 2.50 bits per heavy atom. The molecule has 0 fully saturated rings. The highest BCUT2D eigenvalue weighted by atomic mass is 79.9. The second-order valence-corrected chi connectivity index (χ2v) is 7.92. The fourth-order valence-electron chi connectivity index (χ4n) is 2.01. The van der Waals surface area contributed by atoms with E-state index in [-0.39, 0.29) is 16.4 Å². The fraction of sp³-hybridized carbons (Fsp3) is 0.235. The molecule has 0 bridgehead atoms. The van der Waals surface area contributed by atoms with Gasteiger partial charge in [-0.25, -0.2) is 13.1 Å². The molecule has 0 unspecified atom stereocenters. The van der Waals surface area contributed by atoms with Crippen LogP contribution in [0.15, 0.2) is 57.9 Å². The number of hydrogen-bond acceptors (Lipinski definition) is 3. The van der Waals surface area contributed by atoms with Gasteiger partial charge in [-0.05, 0) is 48.9 Å². The molecular weight excluding hydrogens is 392 g/mol. The smallest absolute Gasteiger partial charge is 0.255 e. The number of benzene rings is 2. The Hall–Kier alpha value is -1.70. The van der Waals surface area contributed by atoms with Gasteiger partial charge in [-0.2, -0.15) is 0 Å². The summed E-state index contributed by atoms with van der Waals surface area (Å²) in [5.74, 6) is -0.358. The van der Waals surface area contributed by atoms with Crippen molar-refractivity contribution in [3.8, 4) is 0 Å². The topological polar surface area (TPSA) is 75.3 Å². The molecule has 0 aromatic heterocycles. The lowest BCUT2D eigenvalue weighted by Crippen LogP contribution is -2.25.